The molecule has 6 nitrogen and oxygen atoms in total. The molecular weight excluding hydrogens is 412 g/mol. The highest BCUT2D eigenvalue weighted by Crippen LogP contribution is 2.40. The summed E-state index contributed by atoms with van der Waals surface area (Å²) in [6, 6.07) is 6.60. The number of fused-ring (bicyclic) bond motifs is 3. The first-order valence-corrected chi connectivity index (χ1v) is 10.4. The topological polar surface area (TPSA) is 84.8 Å². The molecule has 0 fully saturated rings. The van der Waals surface area contributed by atoms with Gasteiger partial charge in [-0.25, -0.2) is 8.78 Å². The van der Waals surface area contributed by atoms with Crippen molar-refractivity contribution in [3.8, 4) is 18.4 Å². The van der Waals surface area contributed by atoms with Crippen LogP contribution in [0.25, 0.3) is 10.9 Å². The molecule has 0 radical (unpaired) electrons. The molecule has 1 aliphatic rings. The number of nitrogens with zero attached hydrogens (tertiary/aromatic N) is 3. The van der Waals surface area contributed by atoms with Crippen molar-refractivity contribution in [2.24, 2.45) is 0 Å². The first-order valence-electron chi connectivity index (χ1n) is 10.4. The Kier molecular flexibility index (Phi) is 5.89. The number of benzene rings is 1. The van der Waals surface area contributed by atoms with Crippen LogP contribution in [0.2, 0.25) is 0 Å². The second kappa shape index (κ2) is 8.78. The van der Waals surface area contributed by atoms with Crippen molar-refractivity contribution in [3.05, 3.63) is 64.6 Å². The molecule has 0 spiro atoms. The Bertz CT molecular complexity index is 1250. The molecule has 2 aromatic heterocycles. The summed E-state index contributed by atoms with van der Waals surface area (Å²) in [5, 5.41) is 12.9. The molecule has 8 heteroatoms. The van der Waals surface area contributed by atoms with Crippen LogP contribution < -0.4 is 5.32 Å². The number of rotatable bonds is 5. The fraction of sp³-hybridized carbons (Fsp3) is 0.292. The van der Waals surface area contributed by atoms with E-state index < -0.39 is 29.7 Å². The minimum absolute atomic E-state index is 0.164. The number of pyridine rings is 1. The number of hydrogen-bond acceptors (Lipinski definition) is 4. The summed E-state index contributed by atoms with van der Waals surface area (Å²) in [4.78, 5) is 21.8. The van der Waals surface area contributed by atoms with Gasteiger partial charge in [-0.05, 0) is 42.6 Å². The van der Waals surface area contributed by atoms with Crippen LogP contribution in [0.4, 0.5) is 8.78 Å². The average molecular weight is 433 g/mol. The Balaban J connectivity index is 1.93. The zero-order chi connectivity index (χ0) is 22.8. The van der Waals surface area contributed by atoms with Crippen molar-refractivity contribution >= 4 is 16.8 Å². The van der Waals surface area contributed by atoms with Crippen molar-refractivity contribution in [1.29, 1.82) is 5.26 Å². The van der Waals surface area contributed by atoms with Gasteiger partial charge in [-0.3, -0.25) is 15.1 Å². The predicted molar refractivity (Wildman–Crippen MR) is 115 cm³/mol. The molecule has 0 saturated heterocycles. The largest absolute Gasteiger partial charge is 0.354 e. The van der Waals surface area contributed by atoms with Crippen molar-refractivity contribution in [3.63, 3.8) is 0 Å². The summed E-state index contributed by atoms with van der Waals surface area (Å²) in [6.45, 7) is 2.70. The molecule has 3 heterocycles. The van der Waals surface area contributed by atoms with Crippen molar-refractivity contribution < 1.29 is 13.6 Å². The van der Waals surface area contributed by atoms with E-state index in [2.05, 4.69) is 28.1 Å². The Morgan fingerprint density at radius 3 is 2.88 bits per heavy atom. The lowest BCUT2D eigenvalue weighted by atomic mass is 9.92. The summed E-state index contributed by atoms with van der Waals surface area (Å²) in [7, 11) is 0. The maximum absolute atomic E-state index is 14.6. The van der Waals surface area contributed by atoms with Crippen LogP contribution in [0.15, 0.2) is 30.5 Å². The van der Waals surface area contributed by atoms with Crippen LogP contribution >= 0.6 is 0 Å². The van der Waals surface area contributed by atoms with E-state index in [1.807, 2.05) is 6.07 Å². The van der Waals surface area contributed by atoms with Gasteiger partial charge >= 0.3 is 0 Å². The van der Waals surface area contributed by atoms with Gasteiger partial charge < -0.3 is 9.88 Å². The quantitative estimate of drug-likeness (QED) is 0.476. The zero-order valence-corrected chi connectivity index (χ0v) is 17.5. The number of nitriles is 1. The van der Waals surface area contributed by atoms with E-state index in [9.17, 15) is 13.6 Å². The highest BCUT2D eigenvalue weighted by atomic mass is 19.1. The average Bonchev–Trinajstić information content (AvgIpc) is 3.16. The van der Waals surface area contributed by atoms with E-state index in [4.69, 9.17) is 11.7 Å². The number of amides is 1. The normalized spacial score (nSPS) is 17.6. The molecule has 2 N–H and O–H groups in total. The minimum Gasteiger partial charge on any atom is -0.354 e. The van der Waals surface area contributed by atoms with E-state index in [0.717, 1.165) is 18.9 Å². The van der Waals surface area contributed by atoms with Crippen LogP contribution in [0.3, 0.4) is 0 Å². The monoisotopic (exact) mass is 433 g/mol. The van der Waals surface area contributed by atoms with Gasteiger partial charge in [0, 0.05) is 29.8 Å². The van der Waals surface area contributed by atoms with Gasteiger partial charge in [0.15, 0.2) is 0 Å². The third-order valence-electron chi connectivity index (χ3n) is 5.71. The van der Waals surface area contributed by atoms with Crippen LogP contribution in [-0.2, 0) is 11.2 Å². The van der Waals surface area contributed by atoms with Gasteiger partial charge in [0.1, 0.15) is 23.7 Å². The maximum Gasteiger partial charge on any atom is 0.300 e. The number of H-pyrrole nitrogens is 1. The molecule has 32 heavy (non-hydrogen) atoms. The molecule has 1 aliphatic heterocycles. The molecule has 3 aromatic rings. The smallest absolute Gasteiger partial charge is 0.300 e. The van der Waals surface area contributed by atoms with Crippen molar-refractivity contribution in [2.75, 3.05) is 6.54 Å². The van der Waals surface area contributed by atoms with Gasteiger partial charge in [-0.1, -0.05) is 13.3 Å². The third-order valence-corrected chi connectivity index (χ3v) is 5.71. The number of halogens is 2. The van der Waals surface area contributed by atoms with Crippen LogP contribution in [0.5, 0.6) is 0 Å². The number of nitrogens with one attached hydrogen (secondary N) is 2. The van der Waals surface area contributed by atoms with Crippen LogP contribution in [-0.4, -0.2) is 33.5 Å². The molecule has 1 amide bonds. The molecule has 0 unspecified atom stereocenters. The minimum atomic E-state index is -0.760. The number of unbranched alkanes of at least 4 members (excludes halogenated alkanes) is 1. The Morgan fingerprint density at radius 1 is 1.41 bits per heavy atom. The molecule has 4 rings (SSSR count). The summed E-state index contributed by atoms with van der Waals surface area (Å²) < 4.78 is 28.6. The lowest BCUT2D eigenvalue weighted by Gasteiger charge is -2.41. The Hall–Kier alpha value is -3.75. The number of aromatic amines is 1. The van der Waals surface area contributed by atoms with Crippen LogP contribution in [0, 0.1) is 35.3 Å². The van der Waals surface area contributed by atoms with Gasteiger partial charge in [0.2, 0.25) is 0 Å². The highest BCUT2D eigenvalue weighted by molar-refractivity contribution is 5.94. The van der Waals surface area contributed by atoms with Gasteiger partial charge in [-0.15, -0.1) is 6.42 Å². The number of hydrogen-bond donors (Lipinski definition) is 2. The molecular formula is C24H21F2N5O. The van der Waals surface area contributed by atoms with Crippen LogP contribution in [0.1, 0.15) is 48.3 Å². The van der Waals surface area contributed by atoms with E-state index in [-0.39, 0.29) is 5.52 Å². The van der Waals surface area contributed by atoms with Gasteiger partial charge in [0.05, 0.1) is 22.9 Å². The van der Waals surface area contributed by atoms with Crippen molar-refractivity contribution in [1.82, 2.24) is 20.2 Å². The fourth-order valence-corrected chi connectivity index (χ4v) is 4.23. The Labute approximate surface area is 184 Å². The first-order chi connectivity index (χ1) is 15.5. The molecule has 162 valence electrons. The molecule has 1 aromatic carbocycles. The molecule has 2 atom stereocenters. The number of carbonyl (C=O) groups excluding carboxylic acids is 1. The van der Waals surface area contributed by atoms with E-state index in [1.165, 1.54) is 17.2 Å². The van der Waals surface area contributed by atoms with E-state index >= 15 is 0 Å². The van der Waals surface area contributed by atoms with E-state index in [0.29, 0.717) is 40.9 Å². The summed E-state index contributed by atoms with van der Waals surface area (Å²) in [6.07, 6.45) is 8.57. The summed E-state index contributed by atoms with van der Waals surface area (Å²) in [5.41, 5.74) is 2.21. The SMILES string of the molecule is C#CC(=O)N1[C@@H](c2ccc(C#N)cn2)c2[nH]c3c(F)cc(F)cc3c2C[C@@H]1NCCCC. The van der Waals surface area contributed by atoms with Gasteiger partial charge in [0.25, 0.3) is 5.91 Å². The second-order valence-corrected chi connectivity index (χ2v) is 7.70. The standard InChI is InChI=1S/C24H21F2N5O/c1-3-5-8-28-20-11-17-16-9-15(25)10-18(26)22(16)30-23(17)24(31(20)21(32)4-2)19-7-6-14(12-27)13-29-19/h2,6-7,9-10,13,20,24,28,30H,3,5,8,11H2,1H3/t20-,24+/m1/s1. The first kappa shape index (κ1) is 21.5. The molecule has 0 bridgehead atoms. The molecule has 0 aliphatic carbocycles. The number of aromatic nitrogens is 2. The Morgan fingerprint density at radius 2 is 2.22 bits per heavy atom. The zero-order valence-electron chi connectivity index (χ0n) is 17.5. The second-order valence-electron chi connectivity index (χ2n) is 7.70. The molecule has 0 saturated carbocycles. The summed E-state index contributed by atoms with van der Waals surface area (Å²) >= 11 is 0. The van der Waals surface area contributed by atoms with E-state index in [1.54, 1.807) is 12.1 Å². The van der Waals surface area contributed by atoms with Crippen molar-refractivity contribution in [2.45, 2.75) is 38.4 Å². The lowest BCUT2D eigenvalue weighted by Crippen LogP contribution is -2.54. The predicted octanol–water partition coefficient (Wildman–Crippen LogP) is 3.54. The van der Waals surface area contributed by atoms with Gasteiger partial charge in [-0.2, -0.15) is 5.26 Å². The maximum atomic E-state index is 14.6. The number of terminal acetylenes is 1. The summed E-state index contributed by atoms with van der Waals surface area (Å²) in [5.74, 6) is 0.237. The lowest BCUT2D eigenvalue weighted by molar-refractivity contribution is -0.130. The number of carbonyl (C=O) groups is 1. The fourth-order valence-electron chi connectivity index (χ4n) is 4.23. The highest BCUT2D eigenvalue weighted by Gasteiger charge is 2.41. The third kappa shape index (κ3) is 3.70.